The zero-order chi connectivity index (χ0) is 12.8. The van der Waals surface area contributed by atoms with E-state index < -0.39 is 16.7 Å². The second-order valence-electron chi connectivity index (χ2n) is 3.12. The van der Waals surface area contributed by atoms with Crippen molar-refractivity contribution < 1.29 is 14.5 Å². The molecule has 1 aromatic rings. The second-order valence-corrected chi connectivity index (χ2v) is 3.12. The molecule has 0 bridgehead atoms. The lowest BCUT2D eigenvalue weighted by Gasteiger charge is -2.00. The summed E-state index contributed by atoms with van der Waals surface area (Å²) in [6, 6.07) is 4.98. The lowest BCUT2D eigenvalue weighted by molar-refractivity contribution is -0.384. The Kier molecular flexibility index (Phi) is 4.10. The molecule has 6 nitrogen and oxygen atoms in total. The molecule has 0 spiro atoms. The fourth-order valence-electron chi connectivity index (χ4n) is 1.11. The molecule has 88 valence electrons. The van der Waals surface area contributed by atoms with Gasteiger partial charge in [-0.2, -0.15) is 0 Å². The summed E-state index contributed by atoms with van der Waals surface area (Å²) in [5.74, 6) is -1.13. The van der Waals surface area contributed by atoms with Crippen LogP contribution < -0.4 is 5.32 Å². The van der Waals surface area contributed by atoms with Gasteiger partial charge in [-0.05, 0) is 25.1 Å². The topological polar surface area (TPSA) is 89.3 Å². The molecule has 1 aromatic carbocycles. The Balaban J connectivity index is 2.76. The summed E-state index contributed by atoms with van der Waals surface area (Å²) in [7, 11) is 0. The highest BCUT2D eigenvalue weighted by molar-refractivity contribution is 6.07. The maximum atomic E-state index is 11.5. The van der Waals surface area contributed by atoms with Gasteiger partial charge in [-0.25, -0.2) is 0 Å². The lowest BCUT2D eigenvalue weighted by atomic mass is 10.2. The van der Waals surface area contributed by atoms with Crippen molar-refractivity contribution in [2.24, 2.45) is 0 Å². The molecule has 0 radical (unpaired) electrons. The molecule has 0 aliphatic rings. The summed E-state index contributed by atoms with van der Waals surface area (Å²) in [5, 5.41) is 12.5. The number of nitrogens with one attached hydrogen (secondary N) is 1. The largest absolute Gasteiger partial charge is 0.289 e. The molecule has 0 aliphatic carbocycles. The Labute approximate surface area is 97.1 Å². The highest BCUT2D eigenvalue weighted by Gasteiger charge is 2.10. The molecule has 2 amide bonds. The third kappa shape index (κ3) is 3.53. The van der Waals surface area contributed by atoms with Crippen molar-refractivity contribution in [3.05, 3.63) is 52.1 Å². The fraction of sp³-hybridized carbons (Fsp3) is 0.0909. The van der Waals surface area contributed by atoms with Crippen molar-refractivity contribution in [3.63, 3.8) is 0 Å². The van der Waals surface area contributed by atoms with Gasteiger partial charge < -0.3 is 0 Å². The molecule has 0 aromatic heterocycles. The summed E-state index contributed by atoms with van der Waals surface area (Å²) in [6.07, 6.45) is 2.71. The Hall–Kier alpha value is -2.50. The highest BCUT2D eigenvalue weighted by atomic mass is 16.6. The maximum Gasteiger partial charge on any atom is 0.269 e. The Morgan fingerprint density at radius 1 is 1.29 bits per heavy atom. The number of hydrogen-bond donors (Lipinski definition) is 1. The molecule has 0 fully saturated rings. The SMILES string of the molecule is C/C=C/C(=O)NC(=O)c1ccc([N+](=O)[O-])cc1. The number of imide groups is 1. The number of rotatable bonds is 3. The van der Waals surface area contributed by atoms with Crippen molar-refractivity contribution in [2.75, 3.05) is 0 Å². The summed E-state index contributed by atoms with van der Waals surface area (Å²) in [5.41, 5.74) is 0.0785. The van der Waals surface area contributed by atoms with E-state index in [0.717, 1.165) is 0 Å². The molecule has 0 saturated carbocycles. The van der Waals surface area contributed by atoms with Crippen LogP contribution in [0.4, 0.5) is 5.69 Å². The maximum absolute atomic E-state index is 11.5. The average molecular weight is 234 g/mol. The molecule has 0 atom stereocenters. The third-order valence-electron chi connectivity index (χ3n) is 1.90. The normalized spacial score (nSPS) is 10.2. The molecule has 0 saturated heterocycles. The van der Waals surface area contributed by atoms with E-state index in [9.17, 15) is 19.7 Å². The quantitative estimate of drug-likeness (QED) is 0.486. The molecule has 1 N–H and O–H groups in total. The predicted molar refractivity (Wildman–Crippen MR) is 60.4 cm³/mol. The molecule has 6 heteroatoms. The molecule has 1 rings (SSSR count). The number of non-ortho nitro benzene ring substituents is 1. The zero-order valence-electron chi connectivity index (χ0n) is 9.04. The Morgan fingerprint density at radius 2 is 1.88 bits per heavy atom. The van der Waals surface area contributed by atoms with Gasteiger partial charge in [-0.1, -0.05) is 6.08 Å². The van der Waals surface area contributed by atoms with Crippen LogP contribution in [-0.2, 0) is 4.79 Å². The Morgan fingerprint density at radius 3 is 2.35 bits per heavy atom. The average Bonchev–Trinajstić information content (AvgIpc) is 2.29. The van der Waals surface area contributed by atoms with Crippen LogP contribution in [0.5, 0.6) is 0 Å². The van der Waals surface area contributed by atoms with E-state index in [-0.39, 0.29) is 11.3 Å². The van der Waals surface area contributed by atoms with Gasteiger partial charge in [0.05, 0.1) is 4.92 Å². The van der Waals surface area contributed by atoms with E-state index in [1.807, 2.05) is 0 Å². The second kappa shape index (κ2) is 5.55. The van der Waals surface area contributed by atoms with Gasteiger partial charge >= 0.3 is 0 Å². The lowest BCUT2D eigenvalue weighted by Crippen LogP contribution is -2.28. The standard InChI is InChI=1S/C11H10N2O4/c1-2-3-10(14)12-11(15)8-4-6-9(7-5-8)13(16)17/h2-7H,1H3,(H,12,14,15)/b3-2+. The van der Waals surface area contributed by atoms with Crippen molar-refractivity contribution in [1.29, 1.82) is 0 Å². The van der Waals surface area contributed by atoms with Gasteiger partial charge in [0.15, 0.2) is 0 Å². The smallest absolute Gasteiger partial charge is 0.269 e. The molecule has 17 heavy (non-hydrogen) atoms. The summed E-state index contributed by atoms with van der Waals surface area (Å²) in [4.78, 5) is 32.4. The minimum atomic E-state index is -0.594. The van der Waals surface area contributed by atoms with Crippen molar-refractivity contribution >= 4 is 17.5 Å². The van der Waals surface area contributed by atoms with Gasteiger partial charge in [0.1, 0.15) is 0 Å². The van der Waals surface area contributed by atoms with Crippen LogP contribution in [0, 0.1) is 10.1 Å². The van der Waals surface area contributed by atoms with Crippen LogP contribution in [0.25, 0.3) is 0 Å². The molecule has 0 heterocycles. The number of nitro benzene ring substituents is 1. The first kappa shape index (κ1) is 12.6. The first-order valence-corrected chi connectivity index (χ1v) is 4.77. The van der Waals surface area contributed by atoms with Gasteiger partial charge in [0.2, 0.25) is 5.91 Å². The van der Waals surface area contributed by atoms with Gasteiger partial charge in [0, 0.05) is 17.7 Å². The Bertz CT molecular complexity index is 477. The van der Waals surface area contributed by atoms with E-state index in [1.54, 1.807) is 6.92 Å². The van der Waals surface area contributed by atoms with Crippen LogP contribution in [0.3, 0.4) is 0 Å². The molecular formula is C11H10N2O4. The zero-order valence-corrected chi connectivity index (χ0v) is 9.04. The number of hydrogen-bond acceptors (Lipinski definition) is 4. The monoisotopic (exact) mass is 234 g/mol. The first-order valence-electron chi connectivity index (χ1n) is 4.77. The summed E-state index contributed by atoms with van der Waals surface area (Å²) < 4.78 is 0. The van der Waals surface area contributed by atoms with Gasteiger partial charge in [0.25, 0.3) is 11.6 Å². The first-order chi connectivity index (χ1) is 8.04. The van der Waals surface area contributed by atoms with E-state index in [0.29, 0.717) is 0 Å². The van der Waals surface area contributed by atoms with Crippen LogP contribution in [0.1, 0.15) is 17.3 Å². The number of benzene rings is 1. The van der Waals surface area contributed by atoms with Crippen molar-refractivity contribution in [2.45, 2.75) is 6.92 Å². The number of allylic oxidation sites excluding steroid dienone is 1. The summed E-state index contributed by atoms with van der Waals surface area (Å²) >= 11 is 0. The van der Waals surface area contributed by atoms with Crippen molar-refractivity contribution in [3.8, 4) is 0 Å². The van der Waals surface area contributed by atoms with Crippen LogP contribution >= 0.6 is 0 Å². The highest BCUT2D eigenvalue weighted by Crippen LogP contribution is 2.11. The minimum Gasteiger partial charge on any atom is -0.289 e. The predicted octanol–water partition coefficient (Wildman–Crippen LogP) is 1.43. The minimum absolute atomic E-state index is 0.110. The number of carbonyl (C=O) groups excluding carboxylic acids is 2. The fourth-order valence-corrected chi connectivity index (χ4v) is 1.11. The molecule has 0 aliphatic heterocycles. The van der Waals surface area contributed by atoms with E-state index in [1.165, 1.54) is 36.4 Å². The number of nitrogens with zero attached hydrogens (tertiary/aromatic N) is 1. The number of carbonyl (C=O) groups is 2. The van der Waals surface area contributed by atoms with E-state index >= 15 is 0 Å². The summed E-state index contributed by atoms with van der Waals surface area (Å²) in [6.45, 7) is 1.65. The van der Waals surface area contributed by atoms with Gasteiger partial charge in [-0.15, -0.1) is 0 Å². The number of nitro groups is 1. The van der Waals surface area contributed by atoms with Crippen LogP contribution in [0.15, 0.2) is 36.4 Å². The van der Waals surface area contributed by atoms with E-state index in [4.69, 9.17) is 0 Å². The van der Waals surface area contributed by atoms with Gasteiger partial charge in [-0.3, -0.25) is 25.0 Å². The van der Waals surface area contributed by atoms with Crippen LogP contribution in [-0.4, -0.2) is 16.7 Å². The third-order valence-corrected chi connectivity index (χ3v) is 1.90. The molecular weight excluding hydrogens is 224 g/mol. The van der Waals surface area contributed by atoms with Crippen LogP contribution in [0.2, 0.25) is 0 Å². The van der Waals surface area contributed by atoms with Crippen molar-refractivity contribution in [1.82, 2.24) is 5.32 Å². The van der Waals surface area contributed by atoms with E-state index in [2.05, 4.69) is 5.32 Å². The molecule has 0 unspecified atom stereocenters. The number of amides is 2.